The molecule has 0 bridgehead atoms. The molecule has 1 aromatic carbocycles. The summed E-state index contributed by atoms with van der Waals surface area (Å²) in [6.45, 7) is 6.33. The summed E-state index contributed by atoms with van der Waals surface area (Å²) in [5, 5.41) is 6.65. The van der Waals surface area contributed by atoms with Crippen LogP contribution >= 0.6 is 24.0 Å². The Morgan fingerprint density at radius 2 is 1.92 bits per heavy atom. The Bertz CT molecular complexity index is 549. The summed E-state index contributed by atoms with van der Waals surface area (Å²) in [6.07, 6.45) is -0.0368. The number of ether oxygens (including phenoxy) is 2. The van der Waals surface area contributed by atoms with Crippen LogP contribution in [0.5, 0.6) is 11.5 Å². The minimum absolute atomic E-state index is 0. The maximum absolute atomic E-state index is 5.93. The molecular weight excluding hydrogens is 419 g/mol. The fourth-order valence-corrected chi connectivity index (χ4v) is 2.05. The van der Waals surface area contributed by atoms with E-state index in [-0.39, 0.29) is 35.6 Å². The lowest BCUT2D eigenvalue weighted by molar-refractivity contribution is 0.0935. The molecule has 6 nitrogen and oxygen atoms in total. The van der Waals surface area contributed by atoms with Gasteiger partial charge in [-0.1, -0.05) is 12.1 Å². The van der Waals surface area contributed by atoms with E-state index in [1.165, 1.54) is 0 Å². The zero-order valence-electron chi connectivity index (χ0n) is 15.1. The number of guanidine groups is 1. The molecule has 24 heavy (non-hydrogen) atoms. The van der Waals surface area contributed by atoms with E-state index in [9.17, 15) is 0 Å². The highest BCUT2D eigenvalue weighted by Crippen LogP contribution is 2.30. The van der Waals surface area contributed by atoms with E-state index in [4.69, 9.17) is 9.47 Å². The van der Waals surface area contributed by atoms with Crippen LogP contribution < -0.4 is 20.1 Å². The molecule has 7 heteroatoms. The number of para-hydroxylation sites is 2. The van der Waals surface area contributed by atoms with Crippen LogP contribution in [0.1, 0.15) is 13.8 Å². The summed E-state index contributed by atoms with van der Waals surface area (Å²) in [5.41, 5.74) is 0.0427. The third-order valence-electron chi connectivity index (χ3n) is 4.19. The van der Waals surface area contributed by atoms with Crippen molar-refractivity contribution in [3.8, 4) is 11.5 Å². The highest BCUT2D eigenvalue weighted by molar-refractivity contribution is 14.0. The lowest BCUT2D eigenvalue weighted by atomic mass is 10.0. The van der Waals surface area contributed by atoms with Crippen molar-refractivity contribution in [1.29, 1.82) is 0 Å². The number of hydrogen-bond acceptors (Lipinski definition) is 4. The molecule has 0 saturated heterocycles. The Morgan fingerprint density at radius 3 is 2.54 bits per heavy atom. The second kappa shape index (κ2) is 9.31. The number of benzene rings is 1. The third-order valence-corrected chi connectivity index (χ3v) is 4.19. The molecule has 0 amide bonds. The van der Waals surface area contributed by atoms with Gasteiger partial charge in [-0.3, -0.25) is 4.99 Å². The number of hydrogen-bond donors (Lipinski definition) is 2. The second-order valence-electron chi connectivity index (χ2n) is 6.51. The molecule has 1 aromatic rings. The highest BCUT2D eigenvalue weighted by atomic mass is 127. The maximum atomic E-state index is 5.93. The van der Waals surface area contributed by atoms with Crippen molar-refractivity contribution in [1.82, 2.24) is 15.5 Å². The summed E-state index contributed by atoms with van der Waals surface area (Å²) < 4.78 is 11.6. The van der Waals surface area contributed by atoms with Crippen LogP contribution in [0, 0.1) is 0 Å². The van der Waals surface area contributed by atoms with Gasteiger partial charge in [-0.25, -0.2) is 0 Å². The van der Waals surface area contributed by atoms with Crippen molar-refractivity contribution in [3.05, 3.63) is 24.3 Å². The molecule has 0 spiro atoms. The maximum Gasteiger partial charge on any atom is 0.191 e. The standard InChI is InChI=1S/C17H28N4O2.HI/c1-17(2,21(4)5)12-20-16(18-3)19-10-13-11-22-14-8-6-7-9-15(14)23-13;/h6-9,13H,10-12H2,1-5H3,(H2,18,19,20);1H. The van der Waals surface area contributed by atoms with E-state index < -0.39 is 0 Å². The lowest BCUT2D eigenvalue weighted by Crippen LogP contribution is -2.52. The zero-order chi connectivity index (χ0) is 16.9. The Balaban J connectivity index is 0.00000288. The average Bonchev–Trinajstić information content (AvgIpc) is 2.54. The zero-order valence-corrected chi connectivity index (χ0v) is 17.5. The molecule has 1 aliphatic heterocycles. The summed E-state index contributed by atoms with van der Waals surface area (Å²) in [4.78, 5) is 6.44. The Hall–Kier alpha value is -1.22. The van der Waals surface area contributed by atoms with Crippen LogP contribution in [0.4, 0.5) is 0 Å². The smallest absolute Gasteiger partial charge is 0.191 e. The number of nitrogens with one attached hydrogen (secondary N) is 2. The summed E-state index contributed by atoms with van der Waals surface area (Å²) in [6, 6.07) is 7.73. The van der Waals surface area contributed by atoms with Crippen LogP contribution in [0.15, 0.2) is 29.3 Å². The first-order valence-corrected chi connectivity index (χ1v) is 7.93. The molecule has 0 aromatic heterocycles. The van der Waals surface area contributed by atoms with Gasteiger partial charge in [-0.05, 0) is 40.1 Å². The van der Waals surface area contributed by atoms with Gasteiger partial charge in [-0.2, -0.15) is 0 Å². The summed E-state index contributed by atoms with van der Waals surface area (Å²) >= 11 is 0. The topological polar surface area (TPSA) is 58.1 Å². The minimum Gasteiger partial charge on any atom is -0.486 e. The van der Waals surface area contributed by atoms with Crippen molar-refractivity contribution in [2.75, 3.05) is 40.8 Å². The normalized spacial score (nSPS) is 17.2. The molecule has 2 N–H and O–H groups in total. The lowest BCUT2D eigenvalue weighted by Gasteiger charge is -2.33. The SMILES string of the molecule is CN=C(NCC1COc2ccccc2O1)NCC(C)(C)N(C)C.I. The quantitative estimate of drug-likeness (QED) is 0.410. The molecule has 136 valence electrons. The first-order chi connectivity index (χ1) is 10.9. The Morgan fingerprint density at radius 1 is 1.25 bits per heavy atom. The molecule has 0 aliphatic carbocycles. The van der Waals surface area contributed by atoms with E-state index in [1.54, 1.807) is 7.05 Å². The van der Waals surface area contributed by atoms with Crippen LogP contribution in [0.3, 0.4) is 0 Å². The predicted molar refractivity (Wildman–Crippen MR) is 109 cm³/mol. The molecular formula is C17H29IN4O2. The van der Waals surface area contributed by atoms with Gasteiger partial charge < -0.3 is 25.0 Å². The van der Waals surface area contributed by atoms with Crippen molar-refractivity contribution in [2.24, 2.45) is 4.99 Å². The number of aliphatic imine (C=N–C) groups is 1. The van der Waals surface area contributed by atoms with Gasteiger partial charge in [0.15, 0.2) is 17.5 Å². The first-order valence-electron chi connectivity index (χ1n) is 7.93. The van der Waals surface area contributed by atoms with Gasteiger partial charge in [0.1, 0.15) is 12.7 Å². The molecule has 1 aliphatic rings. The summed E-state index contributed by atoms with van der Waals surface area (Å²) in [5.74, 6) is 2.36. The molecule has 2 rings (SSSR count). The average molecular weight is 448 g/mol. The predicted octanol–water partition coefficient (Wildman–Crippen LogP) is 1.95. The van der Waals surface area contributed by atoms with Crippen LogP contribution in [-0.4, -0.2) is 63.3 Å². The molecule has 1 unspecified atom stereocenters. The van der Waals surface area contributed by atoms with Crippen LogP contribution in [0.25, 0.3) is 0 Å². The van der Waals surface area contributed by atoms with Gasteiger partial charge in [0.05, 0.1) is 6.54 Å². The van der Waals surface area contributed by atoms with Crippen LogP contribution in [-0.2, 0) is 0 Å². The minimum atomic E-state index is -0.0368. The fraction of sp³-hybridized carbons (Fsp3) is 0.588. The van der Waals surface area contributed by atoms with Crippen molar-refractivity contribution in [3.63, 3.8) is 0 Å². The molecule has 0 fully saturated rings. The molecule has 1 atom stereocenters. The first kappa shape index (κ1) is 20.8. The van der Waals surface area contributed by atoms with E-state index >= 15 is 0 Å². The number of halogens is 1. The number of rotatable bonds is 5. The Labute approximate surface area is 162 Å². The molecule has 0 radical (unpaired) electrons. The third kappa shape index (κ3) is 5.70. The largest absolute Gasteiger partial charge is 0.486 e. The number of likely N-dealkylation sites (N-methyl/N-ethyl adjacent to an activating group) is 1. The van der Waals surface area contributed by atoms with Gasteiger partial charge in [0.25, 0.3) is 0 Å². The van der Waals surface area contributed by atoms with Gasteiger partial charge >= 0.3 is 0 Å². The van der Waals surface area contributed by atoms with Crippen LogP contribution in [0.2, 0.25) is 0 Å². The van der Waals surface area contributed by atoms with E-state index in [1.807, 2.05) is 24.3 Å². The van der Waals surface area contributed by atoms with E-state index in [2.05, 4.69) is 48.5 Å². The van der Waals surface area contributed by atoms with Crippen molar-refractivity contribution >= 4 is 29.9 Å². The highest BCUT2D eigenvalue weighted by Gasteiger charge is 2.22. The van der Waals surface area contributed by atoms with Gasteiger partial charge in [-0.15, -0.1) is 24.0 Å². The monoisotopic (exact) mass is 448 g/mol. The number of fused-ring (bicyclic) bond motifs is 1. The molecule has 1 heterocycles. The van der Waals surface area contributed by atoms with E-state index in [0.29, 0.717) is 13.2 Å². The molecule has 0 saturated carbocycles. The van der Waals surface area contributed by atoms with Crippen molar-refractivity contribution in [2.45, 2.75) is 25.5 Å². The van der Waals surface area contributed by atoms with Gasteiger partial charge in [0.2, 0.25) is 0 Å². The second-order valence-corrected chi connectivity index (χ2v) is 6.51. The number of nitrogens with zero attached hydrogens (tertiary/aromatic N) is 2. The van der Waals surface area contributed by atoms with Gasteiger partial charge in [0, 0.05) is 19.1 Å². The Kier molecular flexibility index (Phi) is 8.08. The summed E-state index contributed by atoms with van der Waals surface area (Å²) in [7, 11) is 5.91. The van der Waals surface area contributed by atoms with E-state index in [0.717, 1.165) is 24.0 Å². The van der Waals surface area contributed by atoms with Crippen molar-refractivity contribution < 1.29 is 9.47 Å². The fourth-order valence-electron chi connectivity index (χ4n) is 2.05.